The van der Waals surface area contributed by atoms with Gasteiger partial charge >= 0.3 is 5.97 Å². The van der Waals surface area contributed by atoms with Gasteiger partial charge in [-0.3, -0.25) is 4.79 Å². The topological polar surface area (TPSA) is 38.3 Å². The minimum Gasteiger partial charge on any atom is -0.465 e. The van der Waals surface area contributed by atoms with E-state index in [1.165, 1.54) is 0 Å². The van der Waals surface area contributed by atoms with Crippen molar-refractivity contribution in [3.05, 3.63) is 0 Å². The van der Waals surface area contributed by atoms with Crippen molar-refractivity contribution in [3.8, 4) is 0 Å². The summed E-state index contributed by atoms with van der Waals surface area (Å²) in [4.78, 5) is 11.5. The molecule has 14 heavy (non-hydrogen) atoms. The van der Waals surface area contributed by atoms with Crippen LogP contribution in [0.3, 0.4) is 0 Å². The van der Waals surface area contributed by atoms with E-state index < -0.39 is 0 Å². The molecule has 0 unspecified atom stereocenters. The molecule has 1 heterocycles. The highest BCUT2D eigenvalue weighted by Gasteiger charge is 2.35. The molecule has 3 nitrogen and oxygen atoms in total. The van der Waals surface area contributed by atoms with Crippen LogP contribution in [0.2, 0.25) is 0 Å². The van der Waals surface area contributed by atoms with E-state index in [9.17, 15) is 4.79 Å². The van der Waals surface area contributed by atoms with Crippen molar-refractivity contribution in [1.82, 2.24) is 5.32 Å². The van der Waals surface area contributed by atoms with Crippen molar-refractivity contribution >= 4 is 5.97 Å². The number of nitrogens with one attached hydrogen (secondary N) is 1. The Morgan fingerprint density at radius 3 is 2.50 bits per heavy atom. The molecule has 0 aromatic rings. The predicted octanol–water partition coefficient (Wildman–Crippen LogP) is 1.72. The Hall–Kier alpha value is -0.570. The first-order chi connectivity index (χ1) is 6.72. The number of esters is 1. The van der Waals surface area contributed by atoms with Gasteiger partial charge in [0.1, 0.15) is 6.04 Å². The van der Waals surface area contributed by atoms with Gasteiger partial charge in [0.2, 0.25) is 0 Å². The van der Waals surface area contributed by atoms with Crippen molar-refractivity contribution in [2.75, 3.05) is 6.61 Å². The largest absolute Gasteiger partial charge is 0.465 e. The number of carbonyl (C=O) groups is 1. The van der Waals surface area contributed by atoms with Crippen LogP contribution in [0, 0.1) is 5.92 Å². The van der Waals surface area contributed by atoms with Gasteiger partial charge in [-0.25, -0.2) is 0 Å². The van der Waals surface area contributed by atoms with Gasteiger partial charge in [-0.15, -0.1) is 0 Å². The Kier molecular flexibility index (Phi) is 4.39. The van der Waals surface area contributed by atoms with Crippen LogP contribution < -0.4 is 5.32 Å². The number of hydrogen-bond acceptors (Lipinski definition) is 3. The normalized spacial score (nSPS) is 31.8. The van der Waals surface area contributed by atoms with E-state index in [0.29, 0.717) is 18.6 Å². The third kappa shape index (κ3) is 2.47. The molecule has 3 atom stereocenters. The zero-order chi connectivity index (χ0) is 10.6. The first kappa shape index (κ1) is 11.5. The van der Waals surface area contributed by atoms with E-state index in [4.69, 9.17) is 4.74 Å². The Balaban J connectivity index is 2.48. The maximum Gasteiger partial charge on any atom is 0.323 e. The summed E-state index contributed by atoms with van der Waals surface area (Å²) in [5.74, 6) is 0.552. The molecule has 0 spiro atoms. The molecule has 1 rings (SSSR count). The number of ether oxygens (including phenoxy) is 1. The minimum atomic E-state index is -0.0816. The van der Waals surface area contributed by atoms with Crippen LogP contribution in [-0.4, -0.2) is 24.7 Å². The van der Waals surface area contributed by atoms with Gasteiger partial charge in [-0.1, -0.05) is 20.3 Å². The monoisotopic (exact) mass is 199 g/mol. The quantitative estimate of drug-likeness (QED) is 0.701. The van der Waals surface area contributed by atoms with Crippen LogP contribution in [-0.2, 0) is 9.53 Å². The summed E-state index contributed by atoms with van der Waals surface area (Å²) in [6.07, 6.45) is 3.17. The van der Waals surface area contributed by atoms with E-state index in [0.717, 1.165) is 19.3 Å². The van der Waals surface area contributed by atoms with Gasteiger partial charge in [0.15, 0.2) is 0 Å². The molecular formula is C11H21NO2. The second-order valence-electron chi connectivity index (χ2n) is 3.89. The number of hydrogen-bond donors (Lipinski definition) is 1. The lowest BCUT2D eigenvalue weighted by Gasteiger charge is -2.14. The first-order valence-corrected chi connectivity index (χ1v) is 5.65. The van der Waals surface area contributed by atoms with Gasteiger partial charge < -0.3 is 10.1 Å². The van der Waals surface area contributed by atoms with E-state index in [1.54, 1.807) is 0 Å². The van der Waals surface area contributed by atoms with Crippen LogP contribution in [0.15, 0.2) is 0 Å². The third-order valence-corrected chi connectivity index (χ3v) is 3.06. The highest BCUT2D eigenvalue weighted by molar-refractivity contribution is 5.76. The molecule has 1 saturated heterocycles. The Morgan fingerprint density at radius 1 is 1.36 bits per heavy atom. The Labute approximate surface area is 86.2 Å². The number of carbonyl (C=O) groups excluding carboxylic acids is 1. The molecule has 0 amide bonds. The summed E-state index contributed by atoms with van der Waals surface area (Å²) in [5.41, 5.74) is 0. The fourth-order valence-corrected chi connectivity index (χ4v) is 2.24. The van der Waals surface area contributed by atoms with Gasteiger partial charge in [0.05, 0.1) is 6.61 Å². The molecule has 0 aromatic heterocycles. The fourth-order valence-electron chi connectivity index (χ4n) is 2.24. The maximum absolute atomic E-state index is 11.5. The van der Waals surface area contributed by atoms with Gasteiger partial charge in [-0.2, -0.15) is 0 Å². The Bertz CT molecular complexity index is 182. The second-order valence-corrected chi connectivity index (χ2v) is 3.89. The standard InChI is InChI=1S/C11H21NO2/c1-4-8-7-10(11(13)14-6-3)12-9(8)5-2/h8-10,12H,4-7H2,1-3H3/t8-,9-,10-/m0/s1. The molecule has 0 radical (unpaired) electrons. The lowest BCUT2D eigenvalue weighted by molar-refractivity contribution is -0.145. The number of rotatable bonds is 4. The first-order valence-electron chi connectivity index (χ1n) is 5.65. The predicted molar refractivity (Wildman–Crippen MR) is 56.0 cm³/mol. The molecule has 0 saturated carbocycles. The van der Waals surface area contributed by atoms with E-state index in [2.05, 4.69) is 19.2 Å². The summed E-state index contributed by atoms with van der Waals surface area (Å²) >= 11 is 0. The van der Waals surface area contributed by atoms with Gasteiger partial charge in [0, 0.05) is 6.04 Å². The smallest absolute Gasteiger partial charge is 0.323 e. The minimum absolute atomic E-state index is 0.0650. The molecule has 82 valence electrons. The van der Waals surface area contributed by atoms with Gasteiger partial charge in [0.25, 0.3) is 0 Å². The zero-order valence-corrected chi connectivity index (χ0v) is 9.38. The molecule has 1 aliphatic rings. The molecule has 3 heteroatoms. The van der Waals surface area contributed by atoms with Crippen LogP contribution in [0.1, 0.15) is 40.0 Å². The average Bonchev–Trinajstić information content (AvgIpc) is 2.61. The highest BCUT2D eigenvalue weighted by Crippen LogP contribution is 2.25. The molecule has 1 aliphatic heterocycles. The fraction of sp³-hybridized carbons (Fsp3) is 0.909. The van der Waals surface area contributed by atoms with Crippen LogP contribution in [0.5, 0.6) is 0 Å². The van der Waals surface area contributed by atoms with Crippen molar-refractivity contribution in [3.63, 3.8) is 0 Å². The Morgan fingerprint density at radius 2 is 2.07 bits per heavy atom. The summed E-state index contributed by atoms with van der Waals surface area (Å²) < 4.78 is 5.01. The SMILES string of the molecule is CCOC(=O)[C@@H]1C[C@H](CC)[C@H](CC)N1. The van der Waals surface area contributed by atoms with E-state index in [1.807, 2.05) is 6.92 Å². The molecular weight excluding hydrogens is 178 g/mol. The third-order valence-electron chi connectivity index (χ3n) is 3.06. The highest BCUT2D eigenvalue weighted by atomic mass is 16.5. The zero-order valence-electron chi connectivity index (χ0n) is 9.38. The average molecular weight is 199 g/mol. The van der Waals surface area contributed by atoms with Gasteiger partial charge in [-0.05, 0) is 25.7 Å². The van der Waals surface area contributed by atoms with Crippen molar-refractivity contribution in [1.29, 1.82) is 0 Å². The van der Waals surface area contributed by atoms with E-state index in [-0.39, 0.29) is 12.0 Å². The second kappa shape index (κ2) is 5.35. The van der Waals surface area contributed by atoms with Crippen molar-refractivity contribution < 1.29 is 9.53 Å². The van der Waals surface area contributed by atoms with E-state index >= 15 is 0 Å². The molecule has 1 fully saturated rings. The summed E-state index contributed by atoms with van der Waals surface area (Å²) in [5, 5.41) is 3.35. The summed E-state index contributed by atoms with van der Waals surface area (Å²) in [6, 6.07) is 0.430. The molecule has 1 N–H and O–H groups in total. The maximum atomic E-state index is 11.5. The molecule has 0 aromatic carbocycles. The molecule has 0 aliphatic carbocycles. The van der Waals surface area contributed by atoms with Crippen LogP contribution in [0.25, 0.3) is 0 Å². The lowest BCUT2D eigenvalue weighted by atomic mass is 9.95. The molecule has 0 bridgehead atoms. The summed E-state index contributed by atoms with van der Waals surface area (Å²) in [7, 11) is 0. The van der Waals surface area contributed by atoms with Crippen molar-refractivity contribution in [2.45, 2.75) is 52.1 Å². The lowest BCUT2D eigenvalue weighted by Crippen LogP contribution is -2.37. The van der Waals surface area contributed by atoms with Crippen LogP contribution in [0.4, 0.5) is 0 Å². The van der Waals surface area contributed by atoms with Crippen LogP contribution >= 0.6 is 0 Å². The van der Waals surface area contributed by atoms with Crippen molar-refractivity contribution in [2.24, 2.45) is 5.92 Å². The summed E-state index contributed by atoms with van der Waals surface area (Å²) in [6.45, 7) is 6.67.